The second kappa shape index (κ2) is 12.6. The number of ether oxygens (including phenoxy) is 1. The molecule has 0 radical (unpaired) electrons. The number of hydrogen-bond acceptors (Lipinski definition) is 6. The molecule has 4 rings (SSSR count). The molecule has 42 heavy (non-hydrogen) atoms. The summed E-state index contributed by atoms with van der Waals surface area (Å²) >= 11 is 0. The van der Waals surface area contributed by atoms with Gasteiger partial charge in [-0.3, -0.25) is 9.56 Å². The Balaban J connectivity index is 1.70. The number of nitrogens with one attached hydrogen (secondary N) is 1. The molecule has 2 aromatic carbocycles. The smallest absolute Gasteiger partial charge is 0.403 e. The molecule has 0 aliphatic rings. The van der Waals surface area contributed by atoms with Crippen LogP contribution in [0.4, 0.5) is 17.6 Å². The Morgan fingerprint density at radius 3 is 2.52 bits per heavy atom. The molecule has 0 saturated carbocycles. The first kappa shape index (κ1) is 30.5. The van der Waals surface area contributed by atoms with Crippen molar-refractivity contribution < 1.29 is 27.4 Å². The number of benzene rings is 2. The Bertz CT molecular complexity index is 1630. The van der Waals surface area contributed by atoms with Gasteiger partial charge in [-0.2, -0.15) is 4.98 Å². The molecule has 0 aliphatic carbocycles. The van der Waals surface area contributed by atoms with Crippen LogP contribution in [0.2, 0.25) is 0 Å². The van der Waals surface area contributed by atoms with Crippen LogP contribution in [0.5, 0.6) is 5.75 Å². The standard InChI is InChI=1S/C28H31F4N7O3/c1-15(33)3-2-4-16-9-21(24(29)23(10-16)42-28(30,31)32)22-11-18-13-39(27(41)38-25(18)37-22)20-7-5-17(6-8-20)19(14-40)12-36-26(34)35/h5-11,13,15,19,40H,2-4,12,14,33H2,1H3,(H4,34,35,36)(H,37,38,41)/t15-,19?/m0/s1. The zero-order valence-electron chi connectivity index (χ0n) is 22.7. The number of nitrogens with two attached hydrogens (primary N) is 3. The molecule has 0 fully saturated rings. The summed E-state index contributed by atoms with van der Waals surface area (Å²) in [6.07, 6.45) is -2.05. The van der Waals surface area contributed by atoms with Gasteiger partial charge < -0.3 is 32.0 Å². The number of halogens is 4. The van der Waals surface area contributed by atoms with Crippen LogP contribution in [0.25, 0.3) is 28.0 Å². The van der Waals surface area contributed by atoms with E-state index in [2.05, 4.69) is 19.7 Å². The van der Waals surface area contributed by atoms with Crippen molar-refractivity contribution in [1.29, 1.82) is 0 Å². The van der Waals surface area contributed by atoms with E-state index >= 15 is 4.39 Å². The van der Waals surface area contributed by atoms with Crippen molar-refractivity contribution in [2.45, 2.75) is 44.5 Å². The van der Waals surface area contributed by atoms with Crippen molar-refractivity contribution in [2.24, 2.45) is 22.2 Å². The Morgan fingerprint density at radius 1 is 1.19 bits per heavy atom. The number of aliphatic imine (C=N–C) groups is 1. The third kappa shape index (κ3) is 7.44. The van der Waals surface area contributed by atoms with Crippen molar-refractivity contribution in [3.8, 4) is 22.7 Å². The van der Waals surface area contributed by atoms with Crippen LogP contribution < -0.4 is 27.6 Å². The van der Waals surface area contributed by atoms with Gasteiger partial charge in [-0.1, -0.05) is 12.1 Å². The minimum absolute atomic E-state index is 0.0967. The zero-order valence-corrected chi connectivity index (χ0v) is 22.7. The van der Waals surface area contributed by atoms with Crippen molar-refractivity contribution in [1.82, 2.24) is 14.5 Å². The highest BCUT2D eigenvalue weighted by molar-refractivity contribution is 5.83. The monoisotopic (exact) mass is 589 g/mol. The van der Waals surface area contributed by atoms with Gasteiger partial charge in [0.15, 0.2) is 17.5 Å². The largest absolute Gasteiger partial charge is 0.573 e. The van der Waals surface area contributed by atoms with E-state index in [1.807, 2.05) is 6.92 Å². The number of nitrogens with zero attached hydrogens (tertiary/aromatic N) is 3. The Morgan fingerprint density at radius 2 is 1.90 bits per heavy atom. The van der Waals surface area contributed by atoms with E-state index in [1.165, 1.54) is 22.9 Å². The first-order valence-corrected chi connectivity index (χ1v) is 13.1. The summed E-state index contributed by atoms with van der Waals surface area (Å²) in [5.41, 5.74) is 17.6. The van der Waals surface area contributed by atoms with Crippen molar-refractivity contribution in [2.75, 3.05) is 13.2 Å². The average molecular weight is 590 g/mol. The molecular weight excluding hydrogens is 558 g/mol. The van der Waals surface area contributed by atoms with Gasteiger partial charge in [0.1, 0.15) is 5.65 Å². The molecule has 0 amide bonds. The summed E-state index contributed by atoms with van der Waals surface area (Å²) in [6.45, 7) is 1.80. The number of guanidine groups is 1. The Kier molecular flexibility index (Phi) is 9.17. The summed E-state index contributed by atoms with van der Waals surface area (Å²) in [6, 6.07) is 10.6. The van der Waals surface area contributed by atoms with E-state index in [0.29, 0.717) is 35.9 Å². The van der Waals surface area contributed by atoms with Gasteiger partial charge in [-0.25, -0.2) is 9.18 Å². The zero-order chi connectivity index (χ0) is 30.6. The summed E-state index contributed by atoms with van der Waals surface area (Å²) in [7, 11) is 0. The summed E-state index contributed by atoms with van der Waals surface area (Å²) in [5, 5.41) is 10.1. The highest BCUT2D eigenvalue weighted by Crippen LogP contribution is 2.35. The molecular formula is C28H31F4N7O3. The quantitative estimate of drug-likeness (QED) is 0.101. The molecule has 2 heterocycles. The normalized spacial score (nSPS) is 13.2. The minimum atomic E-state index is -5.09. The maximum atomic E-state index is 15.3. The molecule has 0 aliphatic heterocycles. The minimum Gasteiger partial charge on any atom is -0.403 e. The van der Waals surface area contributed by atoms with Crippen molar-refractivity contribution >= 4 is 17.0 Å². The highest BCUT2D eigenvalue weighted by Gasteiger charge is 2.33. The first-order valence-electron chi connectivity index (χ1n) is 13.1. The van der Waals surface area contributed by atoms with Crippen molar-refractivity contribution in [3.63, 3.8) is 0 Å². The van der Waals surface area contributed by atoms with E-state index in [4.69, 9.17) is 17.2 Å². The molecule has 14 heteroatoms. The van der Waals surface area contributed by atoms with Gasteiger partial charge in [-0.15, -0.1) is 13.2 Å². The predicted molar refractivity (Wildman–Crippen MR) is 151 cm³/mol. The number of alkyl halides is 3. The van der Waals surface area contributed by atoms with Crippen LogP contribution >= 0.6 is 0 Å². The van der Waals surface area contributed by atoms with Crippen LogP contribution in [-0.2, 0) is 6.42 Å². The van der Waals surface area contributed by atoms with E-state index in [9.17, 15) is 23.1 Å². The van der Waals surface area contributed by atoms with E-state index in [0.717, 1.165) is 11.6 Å². The predicted octanol–water partition coefficient (Wildman–Crippen LogP) is 3.44. The van der Waals surface area contributed by atoms with E-state index in [1.54, 1.807) is 24.3 Å². The SMILES string of the molecule is C[C@H](N)CCCc1cc(OC(F)(F)F)c(F)c(-c2cc3cn(-c4ccc(C(CO)CN=C(N)N)cc4)c(=O)nc3[nH]2)c1. The summed E-state index contributed by atoms with van der Waals surface area (Å²) in [5.74, 6) is -2.62. The maximum Gasteiger partial charge on any atom is 0.573 e. The third-order valence-corrected chi connectivity index (χ3v) is 6.61. The number of aromatic amines is 1. The average Bonchev–Trinajstić information content (AvgIpc) is 3.32. The number of aliphatic hydroxyl groups is 1. The Labute approximate surface area is 237 Å². The van der Waals surface area contributed by atoms with Gasteiger partial charge >= 0.3 is 12.1 Å². The van der Waals surface area contributed by atoms with Crippen molar-refractivity contribution in [3.05, 3.63) is 76.1 Å². The molecule has 2 aromatic heterocycles. The number of hydrogen-bond donors (Lipinski definition) is 5. The van der Waals surface area contributed by atoms with Crippen LogP contribution in [-0.4, -0.2) is 51.2 Å². The molecule has 224 valence electrons. The number of aliphatic hydroxyl groups excluding tert-OH is 1. The second-order valence-electron chi connectivity index (χ2n) is 9.99. The van der Waals surface area contributed by atoms with E-state index < -0.39 is 23.6 Å². The summed E-state index contributed by atoms with van der Waals surface area (Å²) in [4.78, 5) is 23.7. The highest BCUT2D eigenvalue weighted by atomic mass is 19.4. The fourth-order valence-electron chi connectivity index (χ4n) is 4.54. The van der Waals surface area contributed by atoms with Gasteiger partial charge in [0.2, 0.25) is 0 Å². The van der Waals surface area contributed by atoms with Crippen LogP contribution in [0.15, 0.2) is 58.4 Å². The molecule has 2 atom stereocenters. The molecule has 10 nitrogen and oxygen atoms in total. The first-order chi connectivity index (χ1) is 19.8. The topological polar surface area (TPSA) is 171 Å². The summed E-state index contributed by atoms with van der Waals surface area (Å²) < 4.78 is 59.7. The van der Waals surface area contributed by atoms with Crippen LogP contribution in [0, 0.1) is 5.82 Å². The number of rotatable bonds is 11. The number of aromatic nitrogens is 3. The molecule has 1 unspecified atom stereocenters. The van der Waals surface area contributed by atoms with Gasteiger partial charge in [0, 0.05) is 29.1 Å². The molecule has 0 bridgehead atoms. The number of aryl methyl sites for hydroxylation is 1. The second-order valence-corrected chi connectivity index (χ2v) is 9.99. The molecule has 0 saturated heterocycles. The van der Waals surface area contributed by atoms with Crippen LogP contribution in [0.1, 0.15) is 36.8 Å². The van der Waals surface area contributed by atoms with Crippen LogP contribution in [0.3, 0.4) is 0 Å². The van der Waals surface area contributed by atoms with Gasteiger partial charge in [0.25, 0.3) is 0 Å². The van der Waals surface area contributed by atoms with Gasteiger partial charge in [0.05, 0.1) is 24.5 Å². The molecule has 8 N–H and O–H groups in total. The number of H-pyrrole nitrogens is 1. The fourth-order valence-corrected chi connectivity index (χ4v) is 4.54. The third-order valence-electron chi connectivity index (χ3n) is 6.61. The number of fused-ring (bicyclic) bond motifs is 1. The lowest BCUT2D eigenvalue weighted by molar-refractivity contribution is -0.275. The lowest BCUT2D eigenvalue weighted by atomic mass is 10.00. The molecule has 0 spiro atoms. The maximum absolute atomic E-state index is 15.3. The van der Waals surface area contributed by atoms with Gasteiger partial charge in [-0.05, 0) is 67.6 Å². The molecule has 4 aromatic rings. The Hall–Kier alpha value is -4.43. The lowest BCUT2D eigenvalue weighted by Crippen LogP contribution is -2.24. The fraction of sp³-hybridized carbons (Fsp3) is 0.321. The van der Waals surface area contributed by atoms with E-state index in [-0.39, 0.29) is 48.0 Å². The lowest BCUT2D eigenvalue weighted by Gasteiger charge is -2.14.